The lowest BCUT2D eigenvalue weighted by molar-refractivity contribution is -0.142. The Hall–Kier alpha value is -3.95. The van der Waals surface area contributed by atoms with Gasteiger partial charge < -0.3 is 13.9 Å². The molecule has 180 valence electrons. The Morgan fingerprint density at radius 3 is 2.83 bits per heavy atom. The molecule has 0 spiro atoms. The van der Waals surface area contributed by atoms with Crippen molar-refractivity contribution in [3.8, 4) is 17.3 Å². The third-order valence-corrected chi connectivity index (χ3v) is 6.04. The molecule has 0 atom stereocenters. The number of ether oxygens (including phenoxy) is 2. The number of benzene rings is 3. The highest BCUT2D eigenvalue weighted by Crippen LogP contribution is 2.29. The van der Waals surface area contributed by atoms with Gasteiger partial charge in [-0.15, -0.1) is 0 Å². The van der Waals surface area contributed by atoms with E-state index in [4.69, 9.17) is 20.8 Å². The first-order chi connectivity index (χ1) is 17.4. The van der Waals surface area contributed by atoms with Gasteiger partial charge in [0.2, 0.25) is 5.82 Å². The Balaban J connectivity index is 1.65. The van der Waals surface area contributed by atoms with Crippen LogP contribution in [0.2, 0.25) is 5.02 Å². The Bertz CT molecular complexity index is 1710. The molecule has 10 heteroatoms. The van der Waals surface area contributed by atoms with E-state index in [9.17, 15) is 9.59 Å². The average Bonchev–Trinajstić information content (AvgIpc) is 3.30. The maximum absolute atomic E-state index is 13.5. The van der Waals surface area contributed by atoms with Crippen LogP contribution in [-0.2, 0) is 9.53 Å². The van der Waals surface area contributed by atoms with Gasteiger partial charge in [0.1, 0.15) is 11.3 Å². The van der Waals surface area contributed by atoms with Crippen LogP contribution < -0.4 is 10.3 Å². The summed E-state index contributed by atoms with van der Waals surface area (Å²) in [5.41, 5.74) is 1.22. The van der Waals surface area contributed by atoms with Gasteiger partial charge in [0.25, 0.3) is 5.56 Å². The first kappa shape index (κ1) is 23.8. The maximum atomic E-state index is 13.5. The van der Waals surface area contributed by atoms with Gasteiger partial charge in [-0.2, -0.15) is 9.78 Å². The van der Waals surface area contributed by atoms with E-state index in [1.807, 2.05) is 18.2 Å². The summed E-state index contributed by atoms with van der Waals surface area (Å²) in [5, 5.41) is 6.09. The molecular weight excluding hydrogens is 550 g/mol. The number of carbonyl (C=O) groups is 1. The number of aromatic nitrogens is 2. The Kier molecular flexibility index (Phi) is 6.58. The Labute approximate surface area is 217 Å². The van der Waals surface area contributed by atoms with Crippen molar-refractivity contribution in [2.45, 2.75) is 0 Å². The highest BCUT2D eigenvalue weighted by Gasteiger charge is 2.17. The molecule has 0 bridgehead atoms. The predicted molar refractivity (Wildman–Crippen MR) is 141 cm³/mol. The number of nitrogens with zero attached hydrogens (tertiary/aromatic N) is 3. The van der Waals surface area contributed by atoms with Crippen molar-refractivity contribution < 1.29 is 18.7 Å². The highest BCUT2D eigenvalue weighted by atomic mass is 79.9. The molecule has 0 saturated carbocycles. The quantitative estimate of drug-likeness (QED) is 0.194. The standard InChI is InChI=1S/C26H17BrClN3O5/c1-34-24(32)14-35-21-9-7-18(28)11-16(21)13-29-31-25(30-20-5-3-2-4-19(20)26(31)33)23-12-15-10-17(27)6-8-22(15)36-23/h2-13H,14H2,1H3. The summed E-state index contributed by atoms with van der Waals surface area (Å²) in [4.78, 5) is 29.7. The molecule has 0 radical (unpaired) electrons. The van der Waals surface area contributed by atoms with Gasteiger partial charge in [-0.25, -0.2) is 9.78 Å². The van der Waals surface area contributed by atoms with E-state index >= 15 is 0 Å². The molecule has 0 amide bonds. The maximum Gasteiger partial charge on any atom is 0.343 e. The van der Waals surface area contributed by atoms with Crippen LogP contribution in [0.3, 0.4) is 0 Å². The van der Waals surface area contributed by atoms with Crippen molar-refractivity contribution in [2.24, 2.45) is 5.10 Å². The van der Waals surface area contributed by atoms with E-state index in [-0.39, 0.29) is 18.0 Å². The fraction of sp³-hybridized carbons (Fsp3) is 0.0769. The lowest BCUT2D eigenvalue weighted by Crippen LogP contribution is -2.20. The lowest BCUT2D eigenvalue weighted by Gasteiger charge is -2.10. The Morgan fingerprint density at radius 2 is 2.00 bits per heavy atom. The van der Waals surface area contributed by atoms with Crippen LogP contribution >= 0.6 is 27.5 Å². The molecule has 36 heavy (non-hydrogen) atoms. The van der Waals surface area contributed by atoms with Crippen molar-refractivity contribution in [1.29, 1.82) is 0 Å². The molecule has 0 unspecified atom stereocenters. The molecule has 0 saturated heterocycles. The molecule has 8 nitrogen and oxygen atoms in total. The minimum Gasteiger partial charge on any atom is -0.481 e. The number of fused-ring (bicyclic) bond motifs is 2. The van der Waals surface area contributed by atoms with E-state index in [0.29, 0.717) is 38.6 Å². The second kappa shape index (κ2) is 9.96. The van der Waals surface area contributed by atoms with Crippen molar-refractivity contribution in [1.82, 2.24) is 9.66 Å². The SMILES string of the molecule is COC(=O)COc1ccc(Cl)cc1C=Nn1c(-c2cc3cc(Br)ccc3o2)nc2ccccc2c1=O. The fourth-order valence-electron chi connectivity index (χ4n) is 3.58. The largest absolute Gasteiger partial charge is 0.481 e. The van der Waals surface area contributed by atoms with Crippen LogP contribution in [0.5, 0.6) is 5.75 Å². The number of para-hydroxylation sites is 1. The van der Waals surface area contributed by atoms with Gasteiger partial charge >= 0.3 is 5.97 Å². The van der Waals surface area contributed by atoms with Crippen LogP contribution in [0.4, 0.5) is 0 Å². The molecule has 2 heterocycles. The predicted octanol–water partition coefficient (Wildman–Crippen LogP) is 5.66. The van der Waals surface area contributed by atoms with Gasteiger partial charge in [0.05, 0.1) is 24.2 Å². The van der Waals surface area contributed by atoms with Crippen molar-refractivity contribution in [2.75, 3.05) is 13.7 Å². The smallest absolute Gasteiger partial charge is 0.343 e. The zero-order valence-electron chi connectivity index (χ0n) is 18.8. The van der Waals surface area contributed by atoms with Crippen LogP contribution in [-0.4, -0.2) is 35.6 Å². The molecule has 0 fully saturated rings. The van der Waals surface area contributed by atoms with Gasteiger partial charge in [0.15, 0.2) is 12.4 Å². The van der Waals surface area contributed by atoms with Crippen molar-refractivity contribution >= 4 is 61.6 Å². The van der Waals surface area contributed by atoms with Gasteiger partial charge in [-0.3, -0.25) is 4.79 Å². The summed E-state index contributed by atoms with van der Waals surface area (Å²) in [7, 11) is 1.27. The third-order valence-electron chi connectivity index (χ3n) is 5.31. The molecule has 0 N–H and O–H groups in total. The molecule has 5 aromatic rings. The number of rotatable bonds is 6. The summed E-state index contributed by atoms with van der Waals surface area (Å²) < 4.78 is 18.2. The summed E-state index contributed by atoms with van der Waals surface area (Å²) in [5.74, 6) is 0.393. The first-order valence-corrected chi connectivity index (χ1v) is 11.8. The van der Waals surface area contributed by atoms with E-state index < -0.39 is 5.97 Å². The molecule has 0 aliphatic heterocycles. The van der Waals surface area contributed by atoms with E-state index in [1.165, 1.54) is 18.0 Å². The van der Waals surface area contributed by atoms with Gasteiger partial charge in [-0.05, 0) is 54.6 Å². The fourth-order valence-corrected chi connectivity index (χ4v) is 4.14. The molecule has 0 aliphatic rings. The topological polar surface area (TPSA) is 95.9 Å². The first-order valence-electron chi connectivity index (χ1n) is 10.7. The highest BCUT2D eigenvalue weighted by molar-refractivity contribution is 9.10. The Morgan fingerprint density at radius 1 is 1.17 bits per heavy atom. The second-order valence-corrected chi connectivity index (χ2v) is 9.01. The molecule has 0 aliphatic carbocycles. The summed E-state index contributed by atoms with van der Waals surface area (Å²) in [6, 6.07) is 19.2. The number of hydrogen-bond donors (Lipinski definition) is 0. The van der Waals surface area contributed by atoms with Crippen molar-refractivity contribution in [3.63, 3.8) is 0 Å². The van der Waals surface area contributed by atoms with Crippen LogP contribution in [0.1, 0.15) is 5.56 Å². The third kappa shape index (κ3) is 4.75. The normalized spacial score (nSPS) is 11.4. The zero-order valence-corrected chi connectivity index (χ0v) is 21.1. The molecule has 3 aromatic carbocycles. The average molecular weight is 567 g/mol. The van der Waals surface area contributed by atoms with Crippen LogP contribution in [0.25, 0.3) is 33.5 Å². The summed E-state index contributed by atoms with van der Waals surface area (Å²) in [6.07, 6.45) is 1.42. The van der Waals surface area contributed by atoms with Gasteiger partial charge in [-0.1, -0.05) is 39.7 Å². The van der Waals surface area contributed by atoms with Gasteiger partial charge in [0, 0.05) is 20.4 Å². The van der Waals surface area contributed by atoms with E-state index in [0.717, 1.165) is 9.86 Å². The van der Waals surface area contributed by atoms with Crippen LogP contribution in [0.15, 0.2) is 85.5 Å². The number of carbonyl (C=O) groups excluding carboxylic acids is 1. The number of esters is 1. The minimum atomic E-state index is -0.540. The minimum absolute atomic E-state index is 0.223. The molecular formula is C26H17BrClN3O5. The van der Waals surface area contributed by atoms with E-state index in [2.05, 4.69) is 30.8 Å². The zero-order chi connectivity index (χ0) is 25.2. The monoisotopic (exact) mass is 565 g/mol. The van der Waals surface area contributed by atoms with E-state index in [1.54, 1.807) is 48.5 Å². The molecule has 5 rings (SSSR count). The lowest BCUT2D eigenvalue weighted by atomic mass is 10.2. The number of hydrogen-bond acceptors (Lipinski definition) is 7. The molecule has 2 aromatic heterocycles. The second-order valence-electron chi connectivity index (χ2n) is 7.65. The number of halogens is 2. The number of methoxy groups -OCH3 is 1. The summed E-state index contributed by atoms with van der Waals surface area (Å²) in [6.45, 7) is -0.295. The number of furan rings is 1. The van der Waals surface area contributed by atoms with Crippen LogP contribution in [0, 0.1) is 0 Å². The summed E-state index contributed by atoms with van der Waals surface area (Å²) >= 11 is 9.63. The van der Waals surface area contributed by atoms with Crippen molar-refractivity contribution in [3.05, 3.63) is 92.1 Å².